The van der Waals surface area contributed by atoms with Crippen LogP contribution >= 0.6 is 11.6 Å². The molecule has 1 unspecified atom stereocenters. The summed E-state index contributed by atoms with van der Waals surface area (Å²) in [7, 11) is 0. The Balaban J connectivity index is 1.61. The summed E-state index contributed by atoms with van der Waals surface area (Å²) in [5, 5.41) is 6.36. The molecule has 1 aromatic carbocycles. The Labute approximate surface area is 136 Å². The van der Waals surface area contributed by atoms with E-state index in [0.717, 1.165) is 31.8 Å². The summed E-state index contributed by atoms with van der Waals surface area (Å²) >= 11 is 5.82. The normalized spacial score (nSPS) is 19.3. The molecule has 22 heavy (non-hydrogen) atoms. The van der Waals surface area contributed by atoms with E-state index in [9.17, 15) is 4.79 Å². The van der Waals surface area contributed by atoms with Gasteiger partial charge in [-0.05, 0) is 49.9 Å². The Morgan fingerprint density at radius 3 is 2.86 bits per heavy atom. The molecule has 2 amide bonds. The van der Waals surface area contributed by atoms with E-state index in [1.165, 1.54) is 0 Å². The van der Waals surface area contributed by atoms with E-state index >= 15 is 0 Å². The Morgan fingerprint density at radius 2 is 2.18 bits per heavy atom. The van der Waals surface area contributed by atoms with Crippen molar-refractivity contribution in [3.8, 4) is 5.75 Å². The minimum atomic E-state index is -0.169. The van der Waals surface area contributed by atoms with Crippen LogP contribution in [0.4, 0.5) is 4.79 Å². The molecule has 5 nitrogen and oxygen atoms in total. The zero-order valence-electron chi connectivity index (χ0n) is 12.8. The van der Waals surface area contributed by atoms with Gasteiger partial charge in [0.05, 0.1) is 13.2 Å². The molecule has 1 saturated heterocycles. The molecule has 0 spiro atoms. The summed E-state index contributed by atoms with van der Waals surface area (Å²) in [6.45, 7) is 4.57. The number of rotatable bonds is 6. The van der Waals surface area contributed by atoms with Crippen molar-refractivity contribution in [1.82, 2.24) is 10.6 Å². The lowest BCUT2D eigenvalue weighted by molar-refractivity contribution is 0.0557. The van der Waals surface area contributed by atoms with Gasteiger partial charge in [0.25, 0.3) is 0 Å². The first-order chi connectivity index (χ1) is 10.6. The van der Waals surface area contributed by atoms with Crippen molar-refractivity contribution < 1.29 is 14.3 Å². The van der Waals surface area contributed by atoms with Gasteiger partial charge in [0.15, 0.2) is 0 Å². The lowest BCUT2D eigenvalue weighted by Crippen LogP contribution is -2.43. The van der Waals surface area contributed by atoms with Crippen molar-refractivity contribution in [1.29, 1.82) is 0 Å². The lowest BCUT2D eigenvalue weighted by Gasteiger charge is -2.22. The molecule has 0 aromatic heterocycles. The number of hydrogen-bond acceptors (Lipinski definition) is 3. The van der Waals surface area contributed by atoms with Crippen LogP contribution < -0.4 is 15.4 Å². The number of urea groups is 1. The number of ether oxygens (including phenoxy) is 2. The highest BCUT2D eigenvalue weighted by molar-refractivity contribution is 6.30. The first-order valence-electron chi connectivity index (χ1n) is 7.65. The summed E-state index contributed by atoms with van der Waals surface area (Å²) in [6, 6.07) is 6.99. The van der Waals surface area contributed by atoms with Gasteiger partial charge in [0.2, 0.25) is 0 Å². The van der Waals surface area contributed by atoms with E-state index in [0.29, 0.717) is 24.0 Å². The quantitative estimate of drug-likeness (QED) is 0.845. The van der Waals surface area contributed by atoms with Gasteiger partial charge in [-0.2, -0.15) is 0 Å². The molecule has 1 aromatic rings. The van der Waals surface area contributed by atoms with E-state index in [-0.39, 0.29) is 12.1 Å². The van der Waals surface area contributed by atoms with Crippen LogP contribution in [0.2, 0.25) is 5.02 Å². The van der Waals surface area contributed by atoms with Crippen LogP contribution in [0.5, 0.6) is 5.75 Å². The van der Waals surface area contributed by atoms with Crippen molar-refractivity contribution in [3.63, 3.8) is 0 Å². The summed E-state index contributed by atoms with van der Waals surface area (Å²) < 4.78 is 11.1. The minimum absolute atomic E-state index is 0.120. The van der Waals surface area contributed by atoms with Crippen molar-refractivity contribution in [3.05, 3.63) is 29.3 Å². The topological polar surface area (TPSA) is 59.6 Å². The highest BCUT2D eigenvalue weighted by Crippen LogP contribution is 2.16. The van der Waals surface area contributed by atoms with Crippen LogP contribution in [-0.4, -0.2) is 38.4 Å². The molecule has 2 atom stereocenters. The van der Waals surface area contributed by atoms with E-state index in [1.807, 2.05) is 19.1 Å². The summed E-state index contributed by atoms with van der Waals surface area (Å²) in [4.78, 5) is 11.8. The molecule has 1 aliphatic heterocycles. The van der Waals surface area contributed by atoms with Crippen LogP contribution in [0.15, 0.2) is 24.3 Å². The van der Waals surface area contributed by atoms with Gasteiger partial charge in [-0.25, -0.2) is 4.79 Å². The average molecular weight is 327 g/mol. The van der Waals surface area contributed by atoms with Crippen molar-refractivity contribution >= 4 is 17.6 Å². The van der Waals surface area contributed by atoms with Gasteiger partial charge in [-0.1, -0.05) is 11.6 Å². The maximum absolute atomic E-state index is 11.8. The summed E-state index contributed by atoms with van der Waals surface area (Å²) in [5.41, 5.74) is 0. The molecule has 1 aliphatic rings. The highest BCUT2D eigenvalue weighted by Gasteiger charge is 2.15. The zero-order valence-corrected chi connectivity index (χ0v) is 13.6. The first-order valence-corrected chi connectivity index (χ1v) is 8.03. The number of carbonyl (C=O) groups excluding carboxylic acids is 1. The van der Waals surface area contributed by atoms with Crippen LogP contribution in [0.1, 0.15) is 19.8 Å². The highest BCUT2D eigenvalue weighted by atomic mass is 35.5. The minimum Gasteiger partial charge on any atom is -0.489 e. The van der Waals surface area contributed by atoms with E-state index < -0.39 is 0 Å². The standard InChI is InChI=1S/C16H23ClN2O3/c1-12(22-15-6-4-14(17)5-7-15)9-18-16(20)19-10-13-3-2-8-21-11-13/h4-7,12-13H,2-3,8-11H2,1H3,(H2,18,19,20)/t12-,13?/m0/s1. The number of hydrogen-bond donors (Lipinski definition) is 2. The molecule has 122 valence electrons. The molecular weight excluding hydrogens is 304 g/mol. The SMILES string of the molecule is C[C@@H](CNC(=O)NCC1CCCOC1)Oc1ccc(Cl)cc1. The molecule has 0 bridgehead atoms. The molecular formula is C16H23ClN2O3. The second kappa shape index (κ2) is 8.86. The fourth-order valence-electron chi connectivity index (χ4n) is 2.29. The molecule has 0 aliphatic carbocycles. The molecule has 0 radical (unpaired) electrons. The van der Waals surface area contributed by atoms with Crippen LogP contribution in [0.3, 0.4) is 0 Å². The fourth-order valence-corrected chi connectivity index (χ4v) is 2.42. The molecule has 2 rings (SSSR count). The third kappa shape index (κ3) is 6.12. The number of carbonyl (C=O) groups is 1. The Kier molecular flexibility index (Phi) is 6.80. The lowest BCUT2D eigenvalue weighted by atomic mass is 10.0. The monoisotopic (exact) mass is 326 g/mol. The summed E-state index contributed by atoms with van der Waals surface area (Å²) in [6.07, 6.45) is 2.06. The van der Waals surface area contributed by atoms with Gasteiger partial charge in [0, 0.05) is 18.2 Å². The maximum Gasteiger partial charge on any atom is 0.314 e. The predicted octanol–water partition coefficient (Wildman–Crippen LogP) is 2.83. The second-order valence-electron chi connectivity index (χ2n) is 5.56. The fraction of sp³-hybridized carbons (Fsp3) is 0.562. The Hall–Kier alpha value is -1.46. The molecule has 1 fully saturated rings. The van der Waals surface area contributed by atoms with Gasteiger partial charge in [-0.3, -0.25) is 0 Å². The van der Waals surface area contributed by atoms with Crippen LogP contribution in [-0.2, 0) is 4.74 Å². The Morgan fingerprint density at radius 1 is 1.41 bits per heavy atom. The largest absolute Gasteiger partial charge is 0.489 e. The van der Waals surface area contributed by atoms with Gasteiger partial charge in [0.1, 0.15) is 11.9 Å². The van der Waals surface area contributed by atoms with Crippen molar-refractivity contribution in [2.75, 3.05) is 26.3 Å². The van der Waals surface area contributed by atoms with Gasteiger partial charge < -0.3 is 20.1 Å². The molecule has 0 saturated carbocycles. The summed E-state index contributed by atoms with van der Waals surface area (Å²) in [5.74, 6) is 1.15. The number of amides is 2. The Bertz CT molecular complexity index is 461. The molecule has 1 heterocycles. The smallest absolute Gasteiger partial charge is 0.314 e. The maximum atomic E-state index is 11.8. The number of nitrogens with one attached hydrogen (secondary N) is 2. The number of halogens is 1. The van der Waals surface area contributed by atoms with Gasteiger partial charge >= 0.3 is 6.03 Å². The predicted molar refractivity (Wildman–Crippen MR) is 86.5 cm³/mol. The average Bonchev–Trinajstić information content (AvgIpc) is 2.54. The number of benzene rings is 1. The molecule has 6 heteroatoms. The zero-order chi connectivity index (χ0) is 15.8. The first kappa shape index (κ1) is 16.9. The van der Waals surface area contributed by atoms with Crippen molar-refractivity contribution in [2.24, 2.45) is 5.92 Å². The van der Waals surface area contributed by atoms with E-state index in [4.69, 9.17) is 21.1 Å². The van der Waals surface area contributed by atoms with E-state index in [2.05, 4.69) is 10.6 Å². The third-order valence-electron chi connectivity index (χ3n) is 3.51. The van der Waals surface area contributed by atoms with Crippen molar-refractivity contribution in [2.45, 2.75) is 25.9 Å². The molecule has 2 N–H and O–H groups in total. The van der Waals surface area contributed by atoms with E-state index in [1.54, 1.807) is 12.1 Å². The van der Waals surface area contributed by atoms with Crippen LogP contribution in [0, 0.1) is 5.92 Å². The van der Waals surface area contributed by atoms with Crippen LogP contribution in [0.25, 0.3) is 0 Å². The third-order valence-corrected chi connectivity index (χ3v) is 3.76. The second-order valence-corrected chi connectivity index (χ2v) is 5.99. The van der Waals surface area contributed by atoms with Gasteiger partial charge in [-0.15, -0.1) is 0 Å².